The number of carbonyl (C=O) groups excluding carboxylic acids is 1. The van der Waals surface area contributed by atoms with Gasteiger partial charge in [0.25, 0.3) is 0 Å². The first-order valence-corrected chi connectivity index (χ1v) is 6.59. The van der Waals surface area contributed by atoms with Crippen molar-refractivity contribution in [2.45, 2.75) is 0 Å². The molecule has 1 aromatic carbocycles. The van der Waals surface area contributed by atoms with Crippen molar-refractivity contribution in [1.29, 1.82) is 0 Å². The Labute approximate surface area is 114 Å². The third kappa shape index (κ3) is 3.61. The topological polar surface area (TPSA) is 52.8 Å². The quantitative estimate of drug-likeness (QED) is 0.805. The average molecular weight is 262 g/mol. The lowest BCUT2D eigenvalue weighted by molar-refractivity contribution is -0.129. The Morgan fingerprint density at radius 1 is 1.16 bits per heavy atom. The number of anilines is 2. The third-order valence-corrected chi connectivity index (χ3v) is 3.49. The standard InChI is InChI=1S/C14H22N4O/c1-16(2)14(19)11-17-7-9-18(10-8-17)13-5-3-12(15)4-6-13/h3-6H,7-11,15H2,1-2H3. The van der Waals surface area contributed by atoms with Crippen LogP contribution in [0, 0.1) is 0 Å². The SMILES string of the molecule is CN(C)C(=O)CN1CCN(c2ccc(N)cc2)CC1. The van der Waals surface area contributed by atoms with Crippen molar-refractivity contribution in [3.63, 3.8) is 0 Å². The molecule has 2 N–H and O–H groups in total. The molecule has 1 aliphatic heterocycles. The lowest BCUT2D eigenvalue weighted by Gasteiger charge is -2.36. The van der Waals surface area contributed by atoms with Gasteiger partial charge in [-0.1, -0.05) is 0 Å². The fourth-order valence-corrected chi connectivity index (χ4v) is 2.18. The lowest BCUT2D eigenvalue weighted by atomic mass is 10.2. The van der Waals surface area contributed by atoms with E-state index in [2.05, 4.69) is 21.9 Å². The zero-order valence-electron chi connectivity index (χ0n) is 11.7. The molecule has 0 unspecified atom stereocenters. The van der Waals surface area contributed by atoms with E-state index in [-0.39, 0.29) is 5.91 Å². The van der Waals surface area contributed by atoms with Crippen LogP contribution in [-0.4, -0.2) is 62.5 Å². The monoisotopic (exact) mass is 262 g/mol. The molecule has 0 bridgehead atoms. The van der Waals surface area contributed by atoms with E-state index in [0.717, 1.165) is 31.9 Å². The van der Waals surface area contributed by atoms with Crippen LogP contribution in [0.5, 0.6) is 0 Å². The first kappa shape index (κ1) is 13.7. The number of rotatable bonds is 3. The summed E-state index contributed by atoms with van der Waals surface area (Å²) in [5, 5.41) is 0. The molecule has 1 fully saturated rings. The molecule has 5 heteroatoms. The number of amides is 1. The van der Waals surface area contributed by atoms with Gasteiger partial charge in [0.2, 0.25) is 5.91 Å². The zero-order valence-corrected chi connectivity index (χ0v) is 11.7. The van der Waals surface area contributed by atoms with E-state index in [9.17, 15) is 4.79 Å². The van der Waals surface area contributed by atoms with Gasteiger partial charge in [-0.05, 0) is 24.3 Å². The fraction of sp³-hybridized carbons (Fsp3) is 0.500. The van der Waals surface area contributed by atoms with Crippen molar-refractivity contribution in [3.05, 3.63) is 24.3 Å². The highest BCUT2D eigenvalue weighted by molar-refractivity contribution is 5.77. The van der Waals surface area contributed by atoms with Crippen LogP contribution in [0.4, 0.5) is 11.4 Å². The number of nitrogen functional groups attached to an aromatic ring is 1. The Balaban J connectivity index is 1.85. The van der Waals surface area contributed by atoms with Crippen LogP contribution in [-0.2, 0) is 4.79 Å². The van der Waals surface area contributed by atoms with Crippen molar-refractivity contribution < 1.29 is 4.79 Å². The van der Waals surface area contributed by atoms with Crippen LogP contribution >= 0.6 is 0 Å². The van der Waals surface area contributed by atoms with E-state index >= 15 is 0 Å². The van der Waals surface area contributed by atoms with E-state index in [1.807, 2.05) is 12.1 Å². The second-order valence-electron chi connectivity index (χ2n) is 5.14. The first-order valence-electron chi connectivity index (χ1n) is 6.59. The van der Waals surface area contributed by atoms with E-state index in [4.69, 9.17) is 5.73 Å². The largest absolute Gasteiger partial charge is 0.399 e. The molecule has 104 valence electrons. The highest BCUT2D eigenvalue weighted by Crippen LogP contribution is 2.17. The van der Waals surface area contributed by atoms with Gasteiger partial charge < -0.3 is 15.5 Å². The lowest BCUT2D eigenvalue weighted by Crippen LogP contribution is -2.49. The molecule has 5 nitrogen and oxygen atoms in total. The van der Waals surface area contributed by atoms with Gasteiger partial charge in [0.1, 0.15) is 0 Å². The summed E-state index contributed by atoms with van der Waals surface area (Å²) in [6.45, 7) is 4.26. The molecule has 2 rings (SSSR count). The van der Waals surface area contributed by atoms with Crippen LogP contribution in [0.1, 0.15) is 0 Å². The summed E-state index contributed by atoms with van der Waals surface area (Å²) in [7, 11) is 3.60. The maximum absolute atomic E-state index is 11.7. The number of nitrogens with two attached hydrogens (primary N) is 1. The third-order valence-electron chi connectivity index (χ3n) is 3.49. The van der Waals surface area contributed by atoms with Gasteiger partial charge in [-0.15, -0.1) is 0 Å². The second kappa shape index (κ2) is 5.93. The molecule has 1 saturated heterocycles. The van der Waals surface area contributed by atoms with Gasteiger partial charge in [0.15, 0.2) is 0 Å². The van der Waals surface area contributed by atoms with E-state index < -0.39 is 0 Å². The summed E-state index contributed by atoms with van der Waals surface area (Å²) in [6, 6.07) is 7.96. The molecule has 0 aliphatic carbocycles. The summed E-state index contributed by atoms with van der Waals surface area (Å²) in [5.74, 6) is 0.168. The fourth-order valence-electron chi connectivity index (χ4n) is 2.18. The van der Waals surface area contributed by atoms with Crippen molar-refractivity contribution in [2.75, 3.05) is 57.5 Å². The Hall–Kier alpha value is -1.75. The Morgan fingerprint density at radius 3 is 2.26 bits per heavy atom. The maximum atomic E-state index is 11.7. The molecule has 0 aromatic heterocycles. The molecular formula is C14H22N4O. The highest BCUT2D eigenvalue weighted by atomic mass is 16.2. The zero-order chi connectivity index (χ0) is 13.8. The number of piperazine rings is 1. The van der Waals surface area contributed by atoms with Gasteiger partial charge >= 0.3 is 0 Å². The normalized spacial score (nSPS) is 16.4. The smallest absolute Gasteiger partial charge is 0.236 e. The maximum Gasteiger partial charge on any atom is 0.236 e. The number of carbonyl (C=O) groups is 1. The van der Waals surface area contributed by atoms with Crippen molar-refractivity contribution >= 4 is 17.3 Å². The predicted molar refractivity (Wildman–Crippen MR) is 78.2 cm³/mol. The molecule has 0 spiro atoms. The number of hydrogen-bond acceptors (Lipinski definition) is 4. The predicted octanol–water partition coefficient (Wildman–Crippen LogP) is 0.479. The van der Waals surface area contributed by atoms with Crippen molar-refractivity contribution in [2.24, 2.45) is 0 Å². The number of nitrogens with zero attached hydrogens (tertiary/aromatic N) is 3. The van der Waals surface area contributed by atoms with Crippen LogP contribution in [0.2, 0.25) is 0 Å². The van der Waals surface area contributed by atoms with E-state index in [1.165, 1.54) is 5.69 Å². The van der Waals surface area contributed by atoms with Gasteiger partial charge in [-0.2, -0.15) is 0 Å². The van der Waals surface area contributed by atoms with Crippen LogP contribution in [0.3, 0.4) is 0 Å². The van der Waals surface area contributed by atoms with Crippen LogP contribution in [0.15, 0.2) is 24.3 Å². The Kier molecular flexibility index (Phi) is 4.27. The summed E-state index contributed by atoms with van der Waals surface area (Å²) in [4.78, 5) is 17.8. The molecule has 1 aliphatic rings. The van der Waals surface area contributed by atoms with Gasteiger partial charge in [-0.3, -0.25) is 9.69 Å². The number of likely N-dealkylation sites (N-methyl/N-ethyl adjacent to an activating group) is 1. The van der Waals surface area contributed by atoms with E-state index in [0.29, 0.717) is 6.54 Å². The molecule has 1 amide bonds. The molecule has 1 heterocycles. The van der Waals surface area contributed by atoms with Crippen LogP contribution < -0.4 is 10.6 Å². The number of benzene rings is 1. The summed E-state index contributed by atoms with van der Waals surface area (Å²) in [5.41, 5.74) is 7.68. The molecule has 19 heavy (non-hydrogen) atoms. The molecule has 1 aromatic rings. The average Bonchev–Trinajstić information content (AvgIpc) is 2.40. The molecular weight excluding hydrogens is 240 g/mol. The second-order valence-corrected chi connectivity index (χ2v) is 5.14. The summed E-state index contributed by atoms with van der Waals surface area (Å²) in [6.07, 6.45) is 0. The molecule has 0 saturated carbocycles. The molecule has 0 atom stereocenters. The molecule has 0 radical (unpaired) electrons. The first-order chi connectivity index (χ1) is 9.06. The Morgan fingerprint density at radius 2 is 1.74 bits per heavy atom. The van der Waals surface area contributed by atoms with Gasteiger partial charge in [-0.25, -0.2) is 0 Å². The highest BCUT2D eigenvalue weighted by Gasteiger charge is 2.19. The van der Waals surface area contributed by atoms with Crippen molar-refractivity contribution in [3.8, 4) is 0 Å². The minimum atomic E-state index is 0.168. The van der Waals surface area contributed by atoms with Crippen molar-refractivity contribution in [1.82, 2.24) is 9.80 Å². The minimum Gasteiger partial charge on any atom is -0.399 e. The van der Waals surface area contributed by atoms with Gasteiger partial charge in [0, 0.05) is 51.6 Å². The summed E-state index contributed by atoms with van der Waals surface area (Å²) >= 11 is 0. The van der Waals surface area contributed by atoms with E-state index in [1.54, 1.807) is 19.0 Å². The summed E-state index contributed by atoms with van der Waals surface area (Å²) < 4.78 is 0. The minimum absolute atomic E-state index is 0.168. The number of hydrogen-bond donors (Lipinski definition) is 1. The van der Waals surface area contributed by atoms with Crippen LogP contribution in [0.25, 0.3) is 0 Å². The van der Waals surface area contributed by atoms with Gasteiger partial charge in [0.05, 0.1) is 6.54 Å². The Bertz CT molecular complexity index is 422.